The van der Waals surface area contributed by atoms with Gasteiger partial charge in [-0.3, -0.25) is 9.59 Å². The number of amides is 1. The van der Waals surface area contributed by atoms with Crippen molar-refractivity contribution >= 4 is 17.4 Å². The third kappa shape index (κ3) is 5.57. The second kappa shape index (κ2) is 11.7. The monoisotopic (exact) mass is 478 g/mol. The maximum atomic E-state index is 13.2. The van der Waals surface area contributed by atoms with E-state index in [0.717, 1.165) is 24.2 Å². The summed E-state index contributed by atoms with van der Waals surface area (Å²) >= 11 is 0. The van der Waals surface area contributed by atoms with Crippen molar-refractivity contribution in [1.82, 2.24) is 9.80 Å². The molecule has 35 heavy (non-hydrogen) atoms. The molecule has 0 aliphatic carbocycles. The third-order valence-electron chi connectivity index (χ3n) is 6.33. The van der Waals surface area contributed by atoms with Gasteiger partial charge in [0.05, 0.1) is 18.7 Å². The SMILES string of the molecule is C=CCOc1ccc(C(O)=C2C(=O)C(=O)N(CCN(CC)CC)[C@H]2c2ccc(OC)cc2)cc1C. The van der Waals surface area contributed by atoms with Gasteiger partial charge in [0.1, 0.15) is 23.9 Å². The van der Waals surface area contributed by atoms with Crippen LogP contribution in [0.15, 0.2) is 60.7 Å². The predicted octanol–water partition coefficient (Wildman–Crippen LogP) is 4.33. The number of carbonyl (C=O) groups excluding carboxylic acids is 2. The largest absolute Gasteiger partial charge is 0.507 e. The van der Waals surface area contributed by atoms with E-state index < -0.39 is 17.7 Å². The van der Waals surface area contributed by atoms with Gasteiger partial charge in [0.15, 0.2) is 0 Å². The number of Topliss-reactive ketones (excluding diaryl/α,β-unsaturated/α-hetero) is 1. The number of ketones is 1. The first kappa shape index (κ1) is 26.0. The van der Waals surface area contributed by atoms with Crippen LogP contribution in [0.3, 0.4) is 0 Å². The Bertz CT molecular complexity index is 1100. The molecule has 7 heteroatoms. The number of hydrogen-bond donors (Lipinski definition) is 1. The van der Waals surface area contributed by atoms with E-state index in [1.54, 1.807) is 48.4 Å². The molecule has 0 saturated carbocycles. The Morgan fingerprint density at radius 3 is 2.40 bits per heavy atom. The standard InChI is InChI=1S/C28H34N2O5/c1-6-17-35-23-14-11-21(18-19(23)4)26(31)24-25(20-9-12-22(34-5)13-10-20)30(28(33)27(24)32)16-15-29(7-2)8-3/h6,9-14,18,25,31H,1,7-8,15-17H2,2-5H3/t25-/m0/s1. The van der Waals surface area contributed by atoms with Crippen molar-refractivity contribution in [3.05, 3.63) is 77.4 Å². The third-order valence-corrected chi connectivity index (χ3v) is 6.33. The van der Waals surface area contributed by atoms with E-state index in [1.807, 2.05) is 19.1 Å². The fourth-order valence-corrected chi connectivity index (χ4v) is 4.30. The molecule has 7 nitrogen and oxygen atoms in total. The van der Waals surface area contributed by atoms with Gasteiger partial charge in [-0.2, -0.15) is 0 Å². The highest BCUT2D eigenvalue weighted by Gasteiger charge is 2.46. The molecule has 0 radical (unpaired) electrons. The summed E-state index contributed by atoms with van der Waals surface area (Å²) in [5.74, 6) is -0.171. The lowest BCUT2D eigenvalue weighted by Gasteiger charge is -2.28. The summed E-state index contributed by atoms with van der Waals surface area (Å²) in [6.07, 6.45) is 1.65. The molecule has 2 aromatic rings. The van der Waals surface area contributed by atoms with Crippen LogP contribution in [0.2, 0.25) is 0 Å². The molecule has 1 saturated heterocycles. The van der Waals surface area contributed by atoms with E-state index >= 15 is 0 Å². The van der Waals surface area contributed by atoms with Crippen molar-refractivity contribution in [2.45, 2.75) is 26.8 Å². The van der Waals surface area contributed by atoms with Crippen LogP contribution in [0.25, 0.3) is 5.76 Å². The second-order valence-electron chi connectivity index (χ2n) is 8.37. The lowest BCUT2D eigenvalue weighted by Crippen LogP contribution is -2.38. The molecule has 0 unspecified atom stereocenters. The first-order valence-electron chi connectivity index (χ1n) is 11.9. The zero-order valence-corrected chi connectivity index (χ0v) is 20.9. The van der Waals surface area contributed by atoms with Crippen molar-refractivity contribution in [2.75, 3.05) is 39.9 Å². The average Bonchev–Trinajstić information content (AvgIpc) is 3.13. The molecular formula is C28H34N2O5. The van der Waals surface area contributed by atoms with Crippen LogP contribution in [0.1, 0.15) is 36.6 Å². The highest BCUT2D eigenvalue weighted by molar-refractivity contribution is 6.46. The lowest BCUT2D eigenvalue weighted by molar-refractivity contribution is -0.140. The maximum Gasteiger partial charge on any atom is 0.295 e. The van der Waals surface area contributed by atoms with Gasteiger partial charge in [0.25, 0.3) is 11.7 Å². The molecule has 1 heterocycles. The summed E-state index contributed by atoms with van der Waals surface area (Å²) in [6, 6.07) is 11.7. The molecular weight excluding hydrogens is 444 g/mol. The second-order valence-corrected chi connectivity index (χ2v) is 8.37. The van der Waals surface area contributed by atoms with E-state index in [9.17, 15) is 14.7 Å². The first-order valence-corrected chi connectivity index (χ1v) is 11.9. The zero-order valence-electron chi connectivity index (χ0n) is 20.9. The highest BCUT2D eigenvalue weighted by Crippen LogP contribution is 2.40. The number of aryl methyl sites for hydroxylation is 1. The van der Waals surface area contributed by atoms with Crippen molar-refractivity contribution in [1.29, 1.82) is 0 Å². The van der Waals surface area contributed by atoms with Crippen LogP contribution in [-0.2, 0) is 9.59 Å². The van der Waals surface area contributed by atoms with Gasteiger partial charge in [0, 0.05) is 18.7 Å². The molecule has 1 amide bonds. The summed E-state index contributed by atoms with van der Waals surface area (Å²) < 4.78 is 10.9. The molecule has 0 aromatic heterocycles. The van der Waals surface area contributed by atoms with E-state index in [-0.39, 0.29) is 11.3 Å². The molecule has 1 N–H and O–H groups in total. The Hall–Kier alpha value is -3.58. The number of nitrogens with zero attached hydrogens (tertiary/aromatic N) is 2. The Labute approximate surface area is 207 Å². The smallest absolute Gasteiger partial charge is 0.295 e. The molecule has 2 aromatic carbocycles. The van der Waals surface area contributed by atoms with Crippen LogP contribution < -0.4 is 9.47 Å². The van der Waals surface area contributed by atoms with Gasteiger partial charge in [-0.25, -0.2) is 0 Å². The van der Waals surface area contributed by atoms with E-state index in [4.69, 9.17) is 9.47 Å². The number of ether oxygens (including phenoxy) is 2. The van der Waals surface area contributed by atoms with Crippen LogP contribution in [-0.4, -0.2) is 66.5 Å². The summed E-state index contributed by atoms with van der Waals surface area (Å²) in [4.78, 5) is 30.1. The molecule has 1 aliphatic heterocycles. The molecule has 1 fully saturated rings. The minimum absolute atomic E-state index is 0.0823. The topological polar surface area (TPSA) is 79.3 Å². The van der Waals surface area contributed by atoms with E-state index in [1.165, 1.54) is 0 Å². The molecule has 1 atom stereocenters. The van der Waals surface area contributed by atoms with Gasteiger partial charge >= 0.3 is 0 Å². The van der Waals surface area contributed by atoms with Crippen LogP contribution in [0.4, 0.5) is 0 Å². The van der Waals surface area contributed by atoms with E-state index in [2.05, 4.69) is 25.3 Å². The first-order chi connectivity index (χ1) is 16.9. The quantitative estimate of drug-likeness (QED) is 0.224. The van der Waals surface area contributed by atoms with Crippen molar-refractivity contribution < 1.29 is 24.2 Å². The van der Waals surface area contributed by atoms with Crippen LogP contribution in [0, 0.1) is 6.92 Å². The van der Waals surface area contributed by atoms with Crippen LogP contribution >= 0.6 is 0 Å². The maximum absolute atomic E-state index is 13.2. The number of aliphatic hydroxyl groups is 1. The predicted molar refractivity (Wildman–Crippen MR) is 137 cm³/mol. The Morgan fingerprint density at radius 2 is 1.83 bits per heavy atom. The zero-order chi connectivity index (χ0) is 25.5. The molecule has 1 aliphatic rings. The Morgan fingerprint density at radius 1 is 1.14 bits per heavy atom. The van der Waals surface area contributed by atoms with Crippen LogP contribution in [0.5, 0.6) is 11.5 Å². The lowest BCUT2D eigenvalue weighted by atomic mass is 9.94. The fourth-order valence-electron chi connectivity index (χ4n) is 4.30. The number of methoxy groups -OCH3 is 1. The van der Waals surface area contributed by atoms with Crippen molar-refractivity contribution in [2.24, 2.45) is 0 Å². The number of carbonyl (C=O) groups is 2. The number of aliphatic hydroxyl groups excluding tert-OH is 1. The minimum Gasteiger partial charge on any atom is -0.507 e. The van der Waals surface area contributed by atoms with Gasteiger partial charge in [-0.1, -0.05) is 38.6 Å². The molecule has 3 rings (SSSR count). The number of likely N-dealkylation sites (tertiary alicyclic amines) is 1. The highest BCUT2D eigenvalue weighted by atomic mass is 16.5. The number of benzene rings is 2. The fraction of sp³-hybridized carbons (Fsp3) is 0.357. The summed E-state index contributed by atoms with van der Waals surface area (Å²) in [5, 5.41) is 11.3. The number of hydrogen-bond acceptors (Lipinski definition) is 6. The summed E-state index contributed by atoms with van der Waals surface area (Å²) in [5.41, 5.74) is 2.06. The average molecular weight is 479 g/mol. The molecule has 186 valence electrons. The Kier molecular flexibility index (Phi) is 8.71. The van der Waals surface area contributed by atoms with Crippen molar-refractivity contribution in [3.63, 3.8) is 0 Å². The number of rotatable bonds is 11. The minimum atomic E-state index is -0.700. The van der Waals surface area contributed by atoms with E-state index in [0.29, 0.717) is 36.8 Å². The van der Waals surface area contributed by atoms with Crippen molar-refractivity contribution in [3.8, 4) is 11.5 Å². The van der Waals surface area contributed by atoms with Gasteiger partial charge < -0.3 is 24.4 Å². The normalized spacial score (nSPS) is 17.2. The van der Waals surface area contributed by atoms with Gasteiger partial charge in [-0.15, -0.1) is 0 Å². The Balaban J connectivity index is 2.07. The van der Waals surface area contributed by atoms with Gasteiger partial charge in [0.2, 0.25) is 0 Å². The molecule has 0 spiro atoms. The summed E-state index contributed by atoms with van der Waals surface area (Å²) in [6.45, 7) is 12.7. The van der Waals surface area contributed by atoms with Gasteiger partial charge in [-0.05, 0) is 61.5 Å². The molecule has 0 bridgehead atoms. The summed E-state index contributed by atoms with van der Waals surface area (Å²) in [7, 11) is 1.58. The number of likely N-dealkylation sites (N-methyl/N-ethyl adjacent to an activating group) is 1.